The van der Waals surface area contributed by atoms with Crippen molar-refractivity contribution in [2.24, 2.45) is 11.8 Å². The van der Waals surface area contributed by atoms with Gasteiger partial charge in [-0.25, -0.2) is 0 Å². The summed E-state index contributed by atoms with van der Waals surface area (Å²) in [5.41, 5.74) is 1.69. The number of hydrogen-bond acceptors (Lipinski definition) is 7. The van der Waals surface area contributed by atoms with E-state index in [1.165, 1.54) is 11.1 Å². The fraction of sp³-hybridized carbons (Fsp3) is 0.514. The highest BCUT2D eigenvalue weighted by atomic mass is 16.5. The minimum Gasteiger partial charge on any atom is -0.496 e. The maximum Gasteiger partial charge on any atom is 0.247 e. The number of ether oxygens (including phenoxy) is 2. The van der Waals surface area contributed by atoms with Crippen LogP contribution in [0.25, 0.3) is 6.08 Å². The molecule has 3 N–H and O–H groups in total. The van der Waals surface area contributed by atoms with Crippen molar-refractivity contribution in [3.8, 4) is 11.5 Å². The molecule has 2 bridgehead atoms. The van der Waals surface area contributed by atoms with Gasteiger partial charge in [0.15, 0.2) is 0 Å². The Bertz CT molecular complexity index is 1460. The van der Waals surface area contributed by atoms with E-state index in [0.717, 1.165) is 5.56 Å². The Labute approximate surface area is 284 Å². The fourth-order valence-corrected chi connectivity index (χ4v) is 6.24. The van der Waals surface area contributed by atoms with Crippen LogP contribution in [0.5, 0.6) is 11.5 Å². The van der Waals surface area contributed by atoms with Crippen LogP contribution in [-0.4, -0.2) is 91.4 Å². The molecule has 11 heteroatoms. The second-order valence-electron chi connectivity index (χ2n) is 13.1. The molecule has 2 heterocycles. The summed E-state index contributed by atoms with van der Waals surface area (Å²) in [6.07, 6.45) is 4.68. The quantitative estimate of drug-likeness (QED) is 0.337. The third-order valence-electron chi connectivity index (χ3n) is 9.64. The summed E-state index contributed by atoms with van der Waals surface area (Å²) in [6.45, 7) is 7.99. The molecule has 2 aromatic carbocycles. The predicted octanol–water partition coefficient (Wildman–Crippen LogP) is 3.38. The summed E-state index contributed by atoms with van der Waals surface area (Å²) in [7, 11) is 5.25. The average Bonchev–Trinajstić information content (AvgIpc) is 3.50. The number of amides is 4. The van der Waals surface area contributed by atoms with Crippen molar-refractivity contribution >= 4 is 29.7 Å². The SMILES string of the molecule is CCC(C)C1NC(=O)C2C(CCN2C(=O)C(NC(=O)C(Cc2ccccc2)N(C)C)C(C)CC)Oc2ccc(OC)c(c2)C=CNC1=O. The summed E-state index contributed by atoms with van der Waals surface area (Å²) in [6, 6.07) is 11.8. The van der Waals surface area contributed by atoms with Crippen LogP contribution in [-0.2, 0) is 25.6 Å². The molecule has 2 aliphatic rings. The summed E-state index contributed by atoms with van der Waals surface area (Å²) >= 11 is 0. The number of benzene rings is 2. The maximum absolute atomic E-state index is 14.5. The van der Waals surface area contributed by atoms with E-state index in [9.17, 15) is 19.2 Å². The molecule has 11 nitrogen and oxygen atoms in total. The van der Waals surface area contributed by atoms with Crippen molar-refractivity contribution in [3.63, 3.8) is 0 Å². The molecule has 1 fully saturated rings. The highest BCUT2D eigenvalue weighted by Gasteiger charge is 2.47. The minimum absolute atomic E-state index is 0.187. The lowest BCUT2D eigenvalue weighted by Crippen LogP contribution is -2.61. The van der Waals surface area contributed by atoms with Crippen LogP contribution in [0.15, 0.2) is 54.7 Å². The molecule has 4 rings (SSSR count). The Morgan fingerprint density at radius 3 is 2.44 bits per heavy atom. The van der Waals surface area contributed by atoms with Crippen molar-refractivity contribution in [3.05, 3.63) is 65.9 Å². The third-order valence-corrected chi connectivity index (χ3v) is 9.64. The van der Waals surface area contributed by atoms with E-state index < -0.39 is 36.2 Å². The van der Waals surface area contributed by atoms with Gasteiger partial charge in [0, 0.05) is 24.7 Å². The van der Waals surface area contributed by atoms with Gasteiger partial charge in [0.25, 0.3) is 0 Å². The van der Waals surface area contributed by atoms with Crippen LogP contribution in [0.3, 0.4) is 0 Å². The number of nitrogens with one attached hydrogen (secondary N) is 3. The normalized spacial score (nSPS) is 22.0. The lowest BCUT2D eigenvalue weighted by Gasteiger charge is -2.35. The van der Waals surface area contributed by atoms with Gasteiger partial charge in [-0.3, -0.25) is 24.1 Å². The standard InChI is InChI=1S/C37H51N5O6/c1-8-23(3)31-35(44)38-19-17-26-22-27(15-16-29(26)47-7)48-30-18-20-42(33(30)36(45)39-31)37(46)32(24(4)9-2)40-34(43)28(41(5)6)21-25-13-11-10-12-14-25/h10-17,19,22-24,28,30-33H,8-9,18,20-21H2,1-7H3,(H,38,44)(H,39,45)(H,40,43). The van der Waals surface area contributed by atoms with Crippen LogP contribution in [0.4, 0.5) is 0 Å². The zero-order chi connectivity index (χ0) is 35.0. The van der Waals surface area contributed by atoms with E-state index in [0.29, 0.717) is 42.7 Å². The van der Waals surface area contributed by atoms with Gasteiger partial charge < -0.3 is 30.3 Å². The smallest absolute Gasteiger partial charge is 0.247 e. The molecule has 0 aliphatic carbocycles. The molecule has 260 valence electrons. The summed E-state index contributed by atoms with van der Waals surface area (Å²) in [5.74, 6) is -0.779. The van der Waals surface area contributed by atoms with E-state index in [2.05, 4.69) is 16.0 Å². The summed E-state index contributed by atoms with van der Waals surface area (Å²) in [5, 5.41) is 8.81. The van der Waals surface area contributed by atoms with E-state index in [1.54, 1.807) is 31.4 Å². The first kappa shape index (κ1) is 36.5. The van der Waals surface area contributed by atoms with Gasteiger partial charge in [-0.05, 0) is 62.2 Å². The second kappa shape index (κ2) is 16.6. The Kier molecular flexibility index (Phi) is 12.6. The summed E-state index contributed by atoms with van der Waals surface area (Å²) in [4.78, 5) is 59.3. The van der Waals surface area contributed by atoms with Crippen LogP contribution < -0.4 is 25.4 Å². The summed E-state index contributed by atoms with van der Waals surface area (Å²) < 4.78 is 11.9. The van der Waals surface area contributed by atoms with Gasteiger partial charge in [0.2, 0.25) is 23.6 Å². The fourth-order valence-electron chi connectivity index (χ4n) is 6.24. The third kappa shape index (κ3) is 8.55. The van der Waals surface area contributed by atoms with E-state index in [4.69, 9.17) is 9.47 Å². The van der Waals surface area contributed by atoms with Gasteiger partial charge in [-0.1, -0.05) is 70.9 Å². The van der Waals surface area contributed by atoms with Crippen LogP contribution in [0, 0.1) is 11.8 Å². The number of nitrogens with zero attached hydrogens (tertiary/aromatic N) is 2. The molecule has 0 spiro atoms. The molecule has 2 aliphatic heterocycles. The highest BCUT2D eigenvalue weighted by Crippen LogP contribution is 2.31. The molecular formula is C37H51N5O6. The number of methoxy groups -OCH3 is 1. The Balaban J connectivity index is 1.68. The Hall–Kier alpha value is -4.38. The van der Waals surface area contributed by atoms with E-state index >= 15 is 0 Å². The first-order valence-electron chi connectivity index (χ1n) is 16.9. The molecular weight excluding hydrogens is 610 g/mol. The lowest BCUT2D eigenvalue weighted by atomic mass is 9.95. The number of carbonyl (C=O) groups excluding carboxylic acids is 4. The van der Waals surface area contributed by atoms with Crippen LogP contribution in [0.2, 0.25) is 0 Å². The van der Waals surface area contributed by atoms with Crippen molar-refractivity contribution in [1.29, 1.82) is 0 Å². The van der Waals surface area contributed by atoms with E-state index in [1.807, 2.05) is 77.0 Å². The van der Waals surface area contributed by atoms with Gasteiger partial charge in [0.1, 0.15) is 35.7 Å². The zero-order valence-electron chi connectivity index (χ0n) is 29.2. The second-order valence-corrected chi connectivity index (χ2v) is 13.1. The molecule has 0 aromatic heterocycles. The first-order chi connectivity index (χ1) is 23.0. The molecule has 7 atom stereocenters. The van der Waals surface area contributed by atoms with Crippen molar-refractivity contribution in [2.75, 3.05) is 27.7 Å². The number of likely N-dealkylation sites (tertiary alicyclic amines) is 1. The van der Waals surface area contributed by atoms with Crippen LogP contribution in [0.1, 0.15) is 58.1 Å². The van der Waals surface area contributed by atoms with Crippen LogP contribution >= 0.6 is 0 Å². The van der Waals surface area contributed by atoms with Gasteiger partial charge >= 0.3 is 0 Å². The molecule has 0 saturated carbocycles. The Morgan fingerprint density at radius 1 is 1.06 bits per heavy atom. The van der Waals surface area contributed by atoms with Crippen molar-refractivity contribution in [2.45, 2.75) is 83.6 Å². The average molecular weight is 662 g/mol. The monoisotopic (exact) mass is 661 g/mol. The highest BCUT2D eigenvalue weighted by molar-refractivity contribution is 5.96. The minimum atomic E-state index is -1.03. The van der Waals surface area contributed by atoms with E-state index in [-0.39, 0.29) is 36.1 Å². The van der Waals surface area contributed by atoms with Crippen molar-refractivity contribution in [1.82, 2.24) is 25.8 Å². The number of hydrogen-bond donors (Lipinski definition) is 3. The van der Waals surface area contributed by atoms with Gasteiger partial charge in [0.05, 0.1) is 13.2 Å². The number of fused-ring (bicyclic) bond motifs is 3. The first-order valence-corrected chi connectivity index (χ1v) is 16.9. The predicted molar refractivity (Wildman–Crippen MR) is 185 cm³/mol. The zero-order valence-corrected chi connectivity index (χ0v) is 29.2. The lowest BCUT2D eigenvalue weighted by molar-refractivity contribution is -0.145. The van der Waals surface area contributed by atoms with Gasteiger partial charge in [-0.2, -0.15) is 0 Å². The van der Waals surface area contributed by atoms with Crippen molar-refractivity contribution < 1.29 is 28.7 Å². The molecule has 4 amide bonds. The molecule has 2 aromatic rings. The number of carbonyl (C=O) groups is 4. The molecule has 0 radical (unpaired) electrons. The molecule has 48 heavy (non-hydrogen) atoms. The largest absolute Gasteiger partial charge is 0.496 e. The molecule has 7 unspecified atom stereocenters. The maximum atomic E-state index is 14.5. The topological polar surface area (TPSA) is 129 Å². The van der Waals surface area contributed by atoms with Gasteiger partial charge in [-0.15, -0.1) is 0 Å². The Morgan fingerprint density at radius 2 is 1.79 bits per heavy atom. The number of likely N-dealkylation sites (N-methyl/N-ethyl adjacent to an activating group) is 1. The number of rotatable bonds is 11. The molecule has 1 saturated heterocycles.